The lowest BCUT2D eigenvalue weighted by atomic mass is 10.0. The predicted octanol–water partition coefficient (Wildman–Crippen LogP) is 2.27. The van der Waals surface area contributed by atoms with Gasteiger partial charge in [0.15, 0.2) is 5.78 Å². The van der Waals surface area contributed by atoms with Crippen LogP contribution in [0.3, 0.4) is 0 Å². The molecule has 5 N–H and O–H groups in total. The van der Waals surface area contributed by atoms with E-state index in [1.807, 2.05) is 30.3 Å². The Morgan fingerprint density at radius 3 is 2.29 bits per heavy atom. The van der Waals surface area contributed by atoms with Crippen molar-refractivity contribution in [2.24, 2.45) is 5.73 Å². The summed E-state index contributed by atoms with van der Waals surface area (Å²) in [5, 5.41) is 2.53. The van der Waals surface area contributed by atoms with Gasteiger partial charge in [-0.15, -0.1) is 0 Å². The molecule has 9 heteroatoms. The van der Waals surface area contributed by atoms with Crippen LogP contribution in [-0.2, 0) is 20.3 Å². The van der Waals surface area contributed by atoms with Crippen molar-refractivity contribution >= 4 is 25.2 Å². The van der Waals surface area contributed by atoms with Crippen molar-refractivity contribution in [1.29, 1.82) is 0 Å². The molecule has 28 heavy (non-hydrogen) atoms. The average Bonchev–Trinajstić information content (AvgIpc) is 2.65. The minimum absolute atomic E-state index is 0.0135. The number of phosphoric acid groups is 1. The van der Waals surface area contributed by atoms with Crippen LogP contribution in [0, 0.1) is 0 Å². The van der Waals surface area contributed by atoms with Crippen molar-refractivity contribution in [1.82, 2.24) is 0 Å². The Morgan fingerprint density at radius 2 is 1.71 bits per heavy atom. The van der Waals surface area contributed by atoms with Gasteiger partial charge in [-0.2, -0.15) is 0 Å². The molecule has 0 bridgehead atoms. The van der Waals surface area contributed by atoms with Gasteiger partial charge in [0.25, 0.3) is 0 Å². The molecular weight excluding hydrogens is 383 g/mol. The second-order valence-electron chi connectivity index (χ2n) is 6.62. The quantitative estimate of drug-likeness (QED) is 0.370. The minimum Gasteiger partial charge on any atom is -0.324 e. The van der Waals surface area contributed by atoms with Crippen LogP contribution in [0.5, 0.6) is 0 Å². The summed E-state index contributed by atoms with van der Waals surface area (Å²) < 4.78 is 15.1. The smallest absolute Gasteiger partial charge is 0.324 e. The molecule has 1 amide bonds. The van der Waals surface area contributed by atoms with Crippen LogP contribution in [0.25, 0.3) is 0 Å². The van der Waals surface area contributed by atoms with Gasteiger partial charge >= 0.3 is 7.82 Å². The fourth-order valence-electron chi connectivity index (χ4n) is 2.34. The molecule has 0 fully saturated rings. The number of ketones is 1. The summed E-state index contributed by atoms with van der Waals surface area (Å²) in [6, 6.07) is 16.0. The van der Waals surface area contributed by atoms with Gasteiger partial charge in [0.2, 0.25) is 5.91 Å². The molecule has 0 saturated heterocycles. The van der Waals surface area contributed by atoms with Gasteiger partial charge < -0.3 is 20.8 Å². The first kappa shape index (κ1) is 21.9. The maximum Gasteiger partial charge on any atom is 0.469 e. The number of hydrogen-bond donors (Lipinski definition) is 4. The number of Topliss-reactive ketones (excluding diaryl/α,β-unsaturated/α-hetero) is 1. The molecule has 2 rings (SSSR count). The number of carbonyl (C=O) groups is 2. The highest BCUT2D eigenvalue weighted by atomic mass is 31.2. The van der Waals surface area contributed by atoms with E-state index in [-0.39, 0.29) is 5.78 Å². The number of nitrogens with one attached hydrogen (secondary N) is 1. The SMILES string of the molecule is CC(N)(COP(=O)(O)O)C(=O)Nc1ccc(C(=O)CCc2ccccc2)cc1. The lowest BCUT2D eigenvalue weighted by Gasteiger charge is -2.23. The van der Waals surface area contributed by atoms with Crippen molar-refractivity contribution < 1.29 is 28.5 Å². The largest absolute Gasteiger partial charge is 0.469 e. The fourth-order valence-corrected chi connectivity index (χ4v) is 2.78. The third-order valence-corrected chi connectivity index (χ3v) is 4.47. The van der Waals surface area contributed by atoms with Crippen LogP contribution in [0.4, 0.5) is 5.69 Å². The molecule has 2 aromatic carbocycles. The van der Waals surface area contributed by atoms with Crippen LogP contribution in [0.2, 0.25) is 0 Å². The van der Waals surface area contributed by atoms with Gasteiger partial charge in [0.1, 0.15) is 5.54 Å². The molecule has 1 atom stereocenters. The molecule has 0 heterocycles. The normalized spacial score (nSPS) is 13.6. The molecule has 0 spiro atoms. The number of benzene rings is 2. The number of phosphoric ester groups is 1. The lowest BCUT2D eigenvalue weighted by Crippen LogP contribution is -2.52. The Balaban J connectivity index is 1.91. The zero-order chi connectivity index (χ0) is 20.8. The Bertz CT molecular complexity index is 862. The standard InChI is InChI=1S/C19H23N2O6P/c1-19(20,13-27-28(24,25)26)18(23)21-16-10-8-15(9-11-16)17(22)12-7-14-5-3-2-4-6-14/h2-6,8-11H,7,12-13,20H2,1H3,(H,21,23)(H2,24,25,26). The Labute approximate surface area is 163 Å². The van der Waals surface area contributed by atoms with Crippen molar-refractivity contribution in [2.75, 3.05) is 11.9 Å². The first-order valence-electron chi connectivity index (χ1n) is 8.54. The molecule has 0 aliphatic rings. The van der Waals surface area contributed by atoms with Crippen molar-refractivity contribution in [2.45, 2.75) is 25.3 Å². The maximum absolute atomic E-state index is 12.3. The molecule has 1 unspecified atom stereocenters. The number of amides is 1. The van der Waals surface area contributed by atoms with E-state index in [9.17, 15) is 14.2 Å². The van der Waals surface area contributed by atoms with Gasteiger partial charge in [0, 0.05) is 17.7 Å². The monoisotopic (exact) mass is 406 g/mol. The van der Waals surface area contributed by atoms with Gasteiger partial charge in [-0.25, -0.2) is 4.57 Å². The highest BCUT2D eigenvalue weighted by molar-refractivity contribution is 7.46. The average molecular weight is 406 g/mol. The van der Waals surface area contributed by atoms with Crippen molar-refractivity contribution in [3.8, 4) is 0 Å². The van der Waals surface area contributed by atoms with E-state index in [4.69, 9.17) is 15.5 Å². The number of anilines is 1. The summed E-state index contributed by atoms with van der Waals surface area (Å²) in [7, 11) is -4.73. The first-order chi connectivity index (χ1) is 13.1. The Morgan fingerprint density at radius 1 is 1.11 bits per heavy atom. The van der Waals surface area contributed by atoms with Gasteiger partial charge in [-0.1, -0.05) is 30.3 Å². The number of carbonyl (C=O) groups excluding carboxylic acids is 2. The maximum atomic E-state index is 12.3. The molecule has 0 radical (unpaired) electrons. The Hall–Kier alpha value is -2.35. The van der Waals surface area contributed by atoms with E-state index in [0.29, 0.717) is 24.1 Å². The second-order valence-corrected chi connectivity index (χ2v) is 7.86. The number of aryl methyl sites for hydroxylation is 1. The van der Waals surface area contributed by atoms with Gasteiger partial charge in [0.05, 0.1) is 6.61 Å². The molecule has 0 aromatic heterocycles. The highest BCUT2D eigenvalue weighted by Gasteiger charge is 2.32. The van der Waals surface area contributed by atoms with Crippen LogP contribution in [0.1, 0.15) is 29.3 Å². The topological polar surface area (TPSA) is 139 Å². The van der Waals surface area contributed by atoms with E-state index >= 15 is 0 Å². The van der Waals surface area contributed by atoms with Crippen LogP contribution < -0.4 is 11.1 Å². The minimum atomic E-state index is -4.73. The molecule has 150 valence electrons. The van der Waals surface area contributed by atoms with E-state index in [1.165, 1.54) is 6.92 Å². The number of nitrogens with two attached hydrogens (primary N) is 1. The summed E-state index contributed by atoms with van der Waals surface area (Å²) in [6.07, 6.45) is 1.01. The lowest BCUT2D eigenvalue weighted by molar-refractivity contribution is -0.121. The van der Waals surface area contributed by atoms with E-state index in [0.717, 1.165) is 5.56 Å². The highest BCUT2D eigenvalue weighted by Crippen LogP contribution is 2.36. The van der Waals surface area contributed by atoms with Crippen LogP contribution in [0.15, 0.2) is 54.6 Å². The van der Waals surface area contributed by atoms with Crippen molar-refractivity contribution in [3.63, 3.8) is 0 Å². The third-order valence-electron chi connectivity index (χ3n) is 4.00. The van der Waals surface area contributed by atoms with E-state index < -0.39 is 25.9 Å². The number of hydrogen-bond acceptors (Lipinski definition) is 5. The summed E-state index contributed by atoms with van der Waals surface area (Å²) in [4.78, 5) is 41.9. The van der Waals surface area contributed by atoms with E-state index in [2.05, 4.69) is 9.84 Å². The zero-order valence-electron chi connectivity index (χ0n) is 15.4. The molecule has 0 aliphatic carbocycles. The summed E-state index contributed by atoms with van der Waals surface area (Å²) in [5.74, 6) is -0.690. The summed E-state index contributed by atoms with van der Waals surface area (Å²) in [6.45, 7) is 0.638. The second kappa shape index (κ2) is 9.23. The Kier molecular flexibility index (Phi) is 7.23. The van der Waals surface area contributed by atoms with Crippen LogP contribution in [-0.4, -0.2) is 33.6 Å². The summed E-state index contributed by atoms with van der Waals surface area (Å²) >= 11 is 0. The zero-order valence-corrected chi connectivity index (χ0v) is 16.3. The molecule has 0 aliphatic heterocycles. The predicted molar refractivity (Wildman–Crippen MR) is 105 cm³/mol. The first-order valence-corrected chi connectivity index (χ1v) is 10.1. The molecular formula is C19H23N2O6P. The van der Waals surface area contributed by atoms with Crippen molar-refractivity contribution in [3.05, 3.63) is 65.7 Å². The third kappa shape index (κ3) is 6.99. The molecule has 0 saturated carbocycles. The van der Waals surface area contributed by atoms with Gasteiger partial charge in [-0.3, -0.25) is 14.1 Å². The summed E-state index contributed by atoms with van der Waals surface area (Å²) in [5.41, 5.74) is 6.11. The number of rotatable bonds is 9. The fraction of sp³-hybridized carbons (Fsp3) is 0.263. The van der Waals surface area contributed by atoms with Gasteiger partial charge in [-0.05, 0) is 43.2 Å². The molecule has 8 nitrogen and oxygen atoms in total. The van der Waals surface area contributed by atoms with E-state index in [1.54, 1.807) is 24.3 Å². The van der Waals surface area contributed by atoms with Crippen LogP contribution >= 0.6 is 7.82 Å². The molecule has 2 aromatic rings.